The molecule has 4 atom stereocenters. The molecule has 2 saturated carbocycles. The van der Waals surface area contributed by atoms with Crippen molar-refractivity contribution in [2.75, 3.05) is 5.32 Å². The summed E-state index contributed by atoms with van der Waals surface area (Å²) in [5, 5.41) is 26.1. The lowest BCUT2D eigenvalue weighted by atomic mass is 9.86. The Morgan fingerprint density at radius 3 is 2.57 bits per heavy atom. The third-order valence-corrected chi connectivity index (χ3v) is 6.37. The fraction of sp³-hybridized carbons (Fsp3) is 0.300. The molecular formula is C20H18Cl2N4O2. The number of aromatic nitrogens is 2. The molecule has 2 amide bonds. The van der Waals surface area contributed by atoms with Crippen molar-refractivity contribution in [2.45, 2.75) is 24.5 Å². The maximum Gasteiger partial charge on any atom is 0.319 e. The predicted octanol–water partition coefficient (Wildman–Crippen LogP) is 4.29. The van der Waals surface area contributed by atoms with Crippen LogP contribution in [0.5, 0.6) is 0 Å². The molecule has 0 bridgehead atoms. The number of anilines is 1. The standard InChI is InChI=1S/C20H18Cl2N4O2/c21-10-1-3-12(4-2-10)24-19(27)25-18-13-7-20(28,8-14(13)18)16-5-11(22)6-17-15(16)9-23-26-17/h1-6,9,13-14,18,28H,7-8H2,(H,23,26)(H2,24,25,27)/t13-,14+,18?,20?. The monoisotopic (exact) mass is 416 g/mol. The van der Waals surface area contributed by atoms with Crippen molar-refractivity contribution in [3.05, 3.63) is 58.2 Å². The zero-order chi connectivity index (χ0) is 19.5. The lowest BCUT2D eigenvalue weighted by molar-refractivity contribution is 0.0300. The molecule has 0 saturated heterocycles. The van der Waals surface area contributed by atoms with E-state index in [4.69, 9.17) is 23.2 Å². The molecule has 2 aliphatic carbocycles. The number of H-pyrrole nitrogens is 1. The van der Waals surface area contributed by atoms with Gasteiger partial charge < -0.3 is 15.7 Å². The number of nitrogens with one attached hydrogen (secondary N) is 3. The number of amides is 2. The van der Waals surface area contributed by atoms with E-state index < -0.39 is 5.60 Å². The summed E-state index contributed by atoms with van der Waals surface area (Å²) in [7, 11) is 0. The van der Waals surface area contributed by atoms with Gasteiger partial charge >= 0.3 is 6.03 Å². The van der Waals surface area contributed by atoms with E-state index in [1.165, 1.54) is 0 Å². The molecule has 6 nitrogen and oxygen atoms in total. The van der Waals surface area contributed by atoms with E-state index in [0.29, 0.717) is 28.6 Å². The number of aromatic amines is 1. The van der Waals surface area contributed by atoms with Gasteiger partial charge in [-0.05, 0) is 66.6 Å². The molecule has 0 aliphatic heterocycles. The highest BCUT2D eigenvalue weighted by Crippen LogP contribution is 2.60. The number of hydrogen-bond donors (Lipinski definition) is 4. The molecule has 3 aromatic rings. The van der Waals surface area contributed by atoms with Gasteiger partial charge in [0.1, 0.15) is 0 Å². The third-order valence-electron chi connectivity index (χ3n) is 5.90. The normalized spacial score (nSPS) is 28.2. The van der Waals surface area contributed by atoms with Gasteiger partial charge in [0.25, 0.3) is 0 Å². The molecule has 2 aromatic carbocycles. The molecular weight excluding hydrogens is 399 g/mol. The number of aliphatic hydroxyl groups is 1. The first-order chi connectivity index (χ1) is 13.4. The van der Waals surface area contributed by atoms with Crippen molar-refractivity contribution in [3.63, 3.8) is 0 Å². The summed E-state index contributed by atoms with van der Waals surface area (Å²) < 4.78 is 0. The topological polar surface area (TPSA) is 90.0 Å². The molecule has 4 N–H and O–H groups in total. The van der Waals surface area contributed by atoms with Gasteiger partial charge in [-0.3, -0.25) is 5.10 Å². The van der Waals surface area contributed by atoms with E-state index in [1.54, 1.807) is 36.5 Å². The highest BCUT2D eigenvalue weighted by atomic mass is 35.5. The number of fused-ring (bicyclic) bond motifs is 2. The van der Waals surface area contributed by atoms with Crippen molar-refractivity contribution in [3.8, 4) is 0 Å². The van der Waals surface area contributed by atoms with E-state index in [9.17, 15) is 9.90 Å². The van der Waals surface area contributed by atoms with Crippen LogP contribution in [0.25, 0.3) is 10.9 Å². The van der Waals surface area contributed by atoms with Gasteiger partial charge in [-0.2, -0.15) is 5.10 Å². The average Bonchev–Trinajstić information content (AvgIpc) is 3.03. The Bertz CT molecular complexity index is 1050. The predicted molar refractivity (Wildman–Crippen MR) is 109 cm³/mol. The average molecular weight is 417 g/mol. The summed E-state index contributed by atoms with van der Waals surface area (Å²) in [4.78, 5) is 12.2. The van der Waals surface area contributed by atoms with E-state index >= 15 is 0 Å². The van der Waals surface area contributed by atoms with Crippen LogP contribution in [0.4, 0.5) is 10.5 Å². The molecule has 5 rings (SSSR count). The largest absolute Gasteiger partial charge is 0.385 e. The number of hydrogen-bond acceptors (Lipinski definition) is 3. The third kappa shape index (κ3) is 3.02. The fourth-order valence-corrected chi connectivity index (χ4v) is 4.90. The number of carbonyl (C=O) groups excluding carboxylic acids is 1. The molecule has 0 spiro atoms. The van der Waals surface area contributed by atoms with E-state index in [2.05, 4.69) is 20.8 Å². The molecule has 2 unspecified atom stereocenters. The highest BCUT2D eigenvalue weighted by molar-refractivity contribution is 6.31. The Morgan fingerprint density at radius 1 is 1.14 bits per heavy atom. The van der Waals surface area contributed by atoms with Crippen LogP contribution in [0.2, 0.25) is 10.0 Å². The number of urea groups is 1. The quantitative estimate of drug-likeness (QED) is 0.513. The second-order valence-electron chi connectivity index (χ2n) is 7.68. The molecule has 28 heavy (non-hydrogen) atoms. The summed E-state index contributed by atoms with van der Waals surface area (Å²) in [6, 6.07) is 10.4. The van der Waals surface area contributed by atoms with Crippen LogP contribution >= 0.6 is 23.2 Å². The molecule has 2 aliphatic rings. The van der Waals surface area contributed by atoms with Crippen LogP contribution in [-0.2, 0) is 5.60 Å². The molecule has 1 heterocycles. The van der Waals surface area contributed by atoms with Crippen LogP contribution in [0.15, 0.2) is 42.6 Å². The Morgan fingerprint density at radius 2 is 1.86 bits per heavy atom. The van der Waals surface area contributed by atoms with E-state index in [-0.39, 0.29) is 23.9 Å². The van der Waals surface area contributed by atoms with Crippen molar-refractivity contribution in [2.24, 2.45) is 11.8 Å². The first-order valence-corrected chi connectivity index (χ1v) is 9.87. The van der Waals surface area contributed by atoms with Gasteiger partial charge in [-0.1, -0.05) is 23.2 Å². The Labute approximate surface area is 171 Å². The van der Waals surface area contributed by atoms with Crippen molar-refractivity contribution in [1.29, 1.82) is 0 Å². The molecule has 1 aromatic heterocycles. The SMILES string of the molecule is O=C(Nc1ccc(Cl)cc1)NC1[C@H]2CC(O)(c3cc(Cl)cc4[nH]ncc34)C[C@@H]12. The van der Waals surface area contributed by atoms with Crippen molar-refractivity contribution >= 4 is 45.8 Å². The second-order valence-corrected chi connectivity index (χ2v) is 8.56. The number of rotatable bonds is 3. The van der Waals surface area contributed by atoms with Crippen LogP contribution in [0.3, 0.4) is 0 Å². The molecule has 144 valence electrons. The van der Waals surface area contributed by atoms with Gasteiger partial charge in [0.15, 0.2) is 0 Å². The highest BCUT2D eigenvalue weighted by Gasteiger charge is 2.62. The van der Waals surface area contributed by atoms with Crippen molar-refractivity contribution in [1.82, 2.24) is 15.5 Å². The van der Waals surface area contributed by atoms with Gasteiger partial charge in [0.2, 0.25) is 0 Å². The van der Waals surface area contributed by atoms with Crippen LogP contribution < -0.4 is 10.6 Å². The maximum atomic E-state index is 12.2. The zero-order valence-corrected chi connectivity index (χ0v) is 16.3. The fourth-order valence-electron chi connectivity index (χ4n) is 4.55. The smallest absolute Gasteiger partial charge is 0.319 e. The summed E-state index contributed by atoms with van der Waals surface area (Å²) in [5.74, 6) is 0.504. The van der Waals surface area contributed by atoms with Crippen LogP contribution in [0, 0.1) is 11.8 Å². The lowest BCUT2D eigenvalue weighted by Crippen LogP contribution is -2.36. The van der Waals surface area contributed by atoms with Crippen LogP contribution in [0.1, 0.15) is 18.4 Å². The second kappa shape index (κ2) is 6.37. The number of benzene rings is 2. The number of carbonyl (C=O) groups is 1. The van der Waals surface area contributed by atoms with E-state index in [1.807, 2.05) is 6.07 Å². The van der Waals surface area contributed by atoms with Crippen molar-refractivity contribution < 1.29 is 9.90 Å². The number of nitrogens with zero attached hydrogens (tertiary/aromatic N) is 1. The van der Waals surface area contributed by atoms with Gasteiger partial charge in [-0.15, -0.1) is 0 Å². The summed E-state index contributed by atoms with van der Waals surface area (Å²) in [6.45, 7) is 0. The summed E-state index contributed by atoms with van der Waals surface area (Å²) in [5.41, 5.74) is 1.35. The minimum Gasteiger partial charge on any atom is -0.385 e. The Hall–Kier alpha value is -2.28. The zero-order valence-electron chi connectivity index (χ0n) is 14.7. The van der Waals surface area contributed by atoms with Gasteiger partial charge in [-0.25, -0.2) is 4.79 Å². The van der Waals surface area contributed by atoms with Crippen LogP contribution in [-0.4, -0.2) is 27.4 Å². The summed E-state index contributed by atoms with van der Waals surface area (Å²) in [6.07, 6.45) is 2.90. The minimum atomic E-state index is -0.951. The minimum absolute atomic E-state index is 0.0756. The molecule has 8 heteroatoms. The lowest BCUT2D eigenvalue weighted by Gasteiger charge is -2.27. The Balaban J connectivity index is 1.26. The van der Waals surface area contributed by atoms with E-state index in [0.717, 1.165) is 16.5 Å². The maximum absolute atomic E-state index is 12.2. The molecule has 2 fully saturated rings. The first kappa shape index (κ1) is 17.8. The summed E-state index contributed by atoms with van der Waals surface area (Å²) >= 11 is 12.1. The van der Waals surface area contributed by atoms with Gasteiger partial charge in [0, 0.05) is 27.2 Å². The Kier molecular flexibility index (Phi) is 4.05. The first-order valence-electron chi connectivity index (χ1n) is 9.11. The van der Waals surface area contributed by atoms with Gasteiger partial charge in [0.05, 0.1) is 17.3 Å². The molecule has 0 radical (unpaired) electrons. The number of halogens is 2.